The first-order valence-electron chi connectivity index (χ1n) is 10.7. The molecule has 0 heterocycles. The molecule has 3 aliphatic rings. The minimum Gasteiger partial charge on any atom is -0.294 e. The van der Waals surface area contributed by atoms with E-state index in [0.29, 0.717) is 17.6 Å². The molecule has 0 N–H and O–H groups in total. The molecule has 0 spiro atoms. The average molecular weight is 353 g/mol. The number of Topliss-reactive ketones (excluding diaryl/α,β-unsaturated/α-hetero) is 2. The van der Waals surface area contributed by atoms with Crippen molar-refractivity contribution in [2.24, 2.45) is 29.1 Å². The molecule has 3 aliphatic carbocycles. The second kappa shape index (κ2) is 6.62. The Labute approximate surface area is 157 Å². The van der Waals surface area contributed by atoms with Gasteiger partial charge in [-0.2, -0.15) is 0 Å². The molecule has 26 heavy (non-hydrogen) atoms. The Hall–Kier alpha value is -1.44. The number of rotatable bonds is 6. The van der Waals surface area contributed by atoms with E-state index in [-0.39, 0.29) is 23.0 Å². The number of hydrogen-bond donors (Lipinski definition) is 0. The van der Waals surface area contributed by atoms with Gasteiger partial charge >= 0.3 is 0 Å². The Morgan fingerprint density at radius 2 is 2.00 bits per heavy atom. The van der Waals surface area contributed by atoms with Crippen LogP contribution in [0.4, 0.5) is 0 Å². The van der Waals surface area contributed by atoms with Gasteiger partial charge in [-0.25, -0.2) is 0 Å². The van der Waals surface area contributed by atoms with E-state index in [9.17, 15) is 9.59 Å². The largest absolute Gasteiger partial charge is 0.294 e. The number of unbranched alkanes of at least 4 members (excludes halogenated alkanes) is 1. The minimum absolute atomic E-state index is 0.0365. The molecule has 140 valence electrons. The predicted octanol–water partition coefficient (Wildman–Crippen LogP) is 5.88. The van der Waals surface area contributed by atoms with Crippen LogP contribution in [0.15, 0.2) is 18.2 Å². The Bertz CT molecular complexity index is 734. The van der Waals surface area contributed by atoms with E-state index >= 15 is 0 Å². The number of hydrogen-bond acceptors (Lipinski definition) is 2. The fourth-order valence-electron chi connectivity index (χ4n) is 6.31. The summed E-state index contributed by atoms with van der Waals surface area (Å²) in [5.41, 5.74) is 2.72. The Kier molecular flexibility index (Phi) is 4.57. The molecule has 4 rings (SSSR count). The highest BCUT2D eigenvalue weighted by atomic mass is 16.1. The van der Waals surface area contributed by atoms with Crippen molar-refractivity contribution >= 4 is 11.6 Å². The highest BCUT2D eigenvalue weighted by molar-refractivity contribution is 6.17. The zero-order chi connectivity index (χ0) is 18.5. The van der Waals surface area contributed by atoms with Crippen LogP contribution in [0.3, 0.4) is 0 Å². The van der Waals surface area contributed by atoms with Crippen LogP contribution in [0, 0.1) is 29.1 Å². The first kappa shape index (κ1) is 17.9. The molecular weight excluding hydrogens is 320 g/mol. The van der Waals surface area contributed by atoms with Gasteiger partial charge in [0.05, 0.1) is 0 Å². The van der Waals surface area contributed by atoms with Crippen molar-refractivity contribution in [3.8, 4) is 0 Å². The number of benzene rings is 1. The molecule has 2 nitrogen and oxygen atoms in total. The van der Waals surface area contributed by atoms with Gasteiger partial charge in [-0.1, -0.05) is 64.7 Å². The first-order chi connectivity index (χ1) is 12.5. The van der Waals surface area contributed by atoms with Crippen LogP contribution in [0.5, 0.6) is 0 Å². The lowest BCUT2D eigenvalue weighted by Crippen LogP contribution is -2.44. The van der Waals surface area contributed by atoms with Gasteiger partial charge in [-0.3, -0.25) is 9.59 Å². The summed E-state index contributed by atoms with van der Waals surface area (Å²) < 4.78 is 0. The maximum absolute atomic E-state index is 13.5. The Morgan fingerprint density at radius 1 is 1.19 bits per heavy atom. The zero-order valence-electron chi connectivity index (χ0n) is 16.5. The molecule has 5 atom stereocenters. The molecule has 2 fully saturated rings. The fraction of sp³-hybridized carbons (Fsp3) is 0.667. The van der Waals surface area contributed by atoms with Crippen LogP contribution in [0.25, 0.3) is 0 Å². The Morgan fingerprint density at radius 3 is 2.73 bits per heavy atom. The van der Waals surface area contributed by atoms with E-state index in [1.807, 2.05) is 12.1 Å². The summed E-state index contributed by atoms with van der Waals surface area (Å²) >= 11 is 0. The van der Waals surface area contributed by atoms with Crippen molar-refractivity contribution in [2.75, 3.05) is 0 Å². The van der Waals surface area contributed by atoms with E-state index in [2.05, 4.69) is 26.8 Å². The maximum atomic E-state index is 13.5. The summed E-state index contributed by atoms with van der Waals surface area (Å²) in [4.78, 5) is 26.9. The molecule has 2 heteroatoms. The monoisotopic (exact) mass is 352 g/mol. The second-order valence-corrected chi connectivity index (χ2v) is 9.35. The maximum Gasteiger partial charge on any atom is 0.167 e. The lowest BCUT2D eigenvalue weighted by Gasteiger charge is -2.39. The molecule has 1 aromatic rings. The van der Waals surface area contributed by atoms with Gasteiger partial charge in [0.1, 0.15) is 0 Å². The quantitative estimate of drug-likeness (QED) is 0.641. The van der Waals surface area contributed by atoms with Gasteiger partial charge in [-0.15, -0.1) is 0 Å². The topological polar surface area (TPSA) is 34.1 Å². The number of carbonyl (C=O) groups is 2. The Balaban J connectivity index is 1.71. The predicted molar refractivity (Wildman–Crippen MR) is 105 cm³/mol. The van der Waals surface area contributed by atoms with E-state index in [4.69, 9.17) is 0 Å². The molecule has 0 amide bonds. The van der Waals surface area contributed by atoms with Crippen LogP contribution < -0.4 is 0 Å². The average Bonchev–Trinajstić information content (AvgIpc) is 3.17. The van der Waals surface area contributed by atoms with Crippen molar-refractivity contribution in [3.05, 3.63) is 34.9 Å². The summed E-state index contributed by atoms with van der Waals surface area (Å²) in [5, 5.41) is 0. The number of fused-ring (bicyclic) bond motifs is 6. The van der Waals surface area contributed by atoms with Crippen LogP contribution in [0.1, 0.15) is 92.0 Å². The molecule has 0 saturated heterocycles. The number of ketones is 2. The molecule has 2 bridgehead atoms. The highest BCUT2D eigenvalue weighted by Gasteiger charge is 2.62. The van der Waals surface area contributed by atoms with Crippen LogP contribution in [-0.4, -0.2) is 11.6 Å². The van der Waals surface area contributed by atoms with Crippen molar-refractivity contribution in [2.45, 2.75) is 72.1 Å². The zero-order valence-corrected chi connectivity index (χ0v) is 16.5. The molecular formula is C24H32O2. The van der Waals surface area contributed by atoms with Crippen molar-refractivity contribution < 1.29 is 9.59 Å². The highest BCUT2D eigenvalue weighted by Crippen LogP contribution is 2.63. The third kappa shape index (κ3) is 2.60. The summed E-state index contributed by atoms with van der Waals surface area (Å²) in [7, 11) is 0. The standard InChI is InChI=1S/C24H32O2/c1-4-6-8-15(5-2)13-16-9-7-10-18-19(16)23(26)20-17-11-12-24(3,14-17)21(20)22(18)25/h7,9-10,15,17,20-21H,4-6,8,11-14H2,1-3H3. The van der Waals surface area contributed by atoms with E-state index in [1.54, 1.807) is 0 Å². The summed E-state index contributed by atoms with van der Waals surface area (Å²) in [6.45, 7) is 6.72. The molecule has 2 saturated carbocycles. The van der Waals surface area contributed by atoms with Gasteiger partial charge < -0.3 is 0 Å². The van der Waals surface area contributed by atoms with Crippen LogP contribution in [-0.2, 0) is 6.42 Å². The van der Waals surface area contributed by atoms with Crippen LogP contribution >= 0.6 is 0 Å². The molecule has 0 aromatic heterocycles. The molecule has 0 aliphatic heterocycles. The second-order valence-electron chi connectivity index (χ2n) is 9.35. The molecule has 5 unspecified atom stereocenters. The molecule has 0 radical (unpaired) electrons. The van der Waals surface area contributed by atoms with Gasteiger partial charge in [0.15, 0.2) is 11.6 Å². The SMILES string of the molecule is CCCCC(CC)Cc1cccc2c1C(=O)C1C3CCC(C)(C3)C1C2=O. The number of carbonyl (C=O) groups excluding carboxylic acids is 2. The van der Waals surface area contributed by atoms with Gasteiger partial charge in [0.2, 0.25) is 0 Å². The van der Waals surface area contributed by atoms with Gasteiger partial charge in [-0.05, 0) is 48.5 Å². The van der Waals surface area contributed by atoms with Crippen molar-refractivity contribution in [1.29, 1.82) is 0 Å². The van der Waals surface area contributed by atoms with E-state index in [1.165, 1.54) is 19.3 Å². The summed E-state index contributed by atoms with van der Waals surface area (Å²) in [5.74, 6) is 1.50. The lowest BCUT2D eigenvalue weighted by atomic mass is 9.62. The van der Waals surface area contributed by atoms with E-state index in [0.717, 1.165) is 48.8 Å². The van der Waals surface area contributed by atoms with Gasteiger partial charge in [0.25, 0.3) is 0 Å². The first-order valence-corrected chi connectivity index (χ1v) is 10.7. The van der Waals surface area contributed by atoms with Crippen molar-refractivity contribution in [1.82, 2.24) is 0 Å². The lowest BCUT2D eigenvalue weighted by molar-refractivity contribution is 0.0571. The molecule has 1 aromatic carbocycles. The van der Waals surface area contributed by atoms with Gasteiger partial charge in [0, 0.05) is 23.0 Å². The summed E-state index contributed by atoms with van der Waals surface area (Å²) in [6.07, 6.45) is 9.06. The van der Waals surface area contributed by atoms with Crippen LogP contribution in [0.2, 0.25) is 0 Å². The normalized spacial score (nSPS) is 33.3. The van der Waals surface area contributed by atoms with E-state index < -0.39 is 0 Å². The third-order valence-corrected chi connectivity index (χ3v) is 7.73. The smallest absolute Gasteiger partial charge is 0.167 e. The van der Waals surface area contributed by atoms with Crippen molar-refractivity contribution in [3.63, 3.8) is 0 Å². The third-order valence-electron chi connectivity index (χ3n) is 7.73. The fourth-order valence-corrected chi connectivity index (χ4v) is 6.31. The minimum atomic E-state index is -0.0569. The summed E-state index contributed by atoms with van der Waals surface area (Å²) in [6, 6.07) is 6.02.